The number of nitrogens with zero attached hydrogens (tertiary/aromatic N) is 2. The van der Waals surface area contributed by atoms with Gasteiger partial charge >= 0.3 is 5.97 Å². The van der Waals surface area contributed by atoms with Crippen LogP contribution in [0.1, 0.15) is 32.0 Å². The van der Waals surface area contributed by atoms with Gasteiger partial charge in [0.2, 0.25) is 0 Å². The van der Waals surface area contributed by atoms with Crippen LogP contribution in [0, 0.1) is 13.8 Å². The lowest BCUT2D eigenvalue weighted by Gasteiger charge is -2.26. The van der Waals surface area contributed by atoms with E-state index in [1.807, 2.05) is 12.1 Å². The molecule has 1 aromatic heterocycles. The molecule has 6 heteroatoms. The van der Waals surface area contributed by atoms with Gasteiger partial charge in [-0.3, -0.25) is 9.78 Å². The fourth-order valence-corrected chi connectivity index (χ4v) is 3.04. The number of aromatic carboxylic acids is 1. The molecule has 2 heterocycles. The first-order chi connectivity index (χ1) is 12.0. The summed E-state index contributed by atoms with van der Waals surface area (Å²) in [5.41, 5.74) is 3.57. The van der Waals surface area contributed by atoms with Gasteiger partial charge in [0.25, 0.3) is 5.91 Å². The van der Waals surface area contributed by atoms with Crippen molar-refractivity contribution >= 4 is 11.9 Å². The Hall–Kier alpha value is -2.73. The predicted molar refractivity (Wildman–Crippen MR) is 92.8 cm³/mol. The molecule has 0 bridgehead atoms. The number of carboxylic acids is 1. The minimum Gasteiger partial charge on any atom is -0.478 e. The third-order valence-electron chi connectivity index (χ3n) is 4.34. The number of ether oxygens (including phenoxy) is 1. The lowest BCUT2D eigenvalue weighted by atomic mass is 10.0. The number of morpholine rings is 1. The number of amides is 1. The van der Waals surface area contributed by atoms with E-state index in [2.05, 4.69) is 4.98 Å². The second-order valence-electron chi connectivity index (χ2n) is 6.07. The van der Waals surface area contributed by atoms with Crippen LogP contribution in [0.4, 0.5) is 0 Å². The number of carbonyl (C=O) groups excluding carboxylic acids is 1. The summed E-state index contributed by atoms with van der Waals surface area (Å²) in [6.07, 6.45) is 0. The molecule has 0 radical (unpaired) electrons. The molecule has 1 fully saturated rings. The van der Waals surface area contributed by atoms with E-state index in [9.17, 15) is 14.7 Å². The van der Waals surface area contributed by atoms with Gasteiger partial charge in [0.05, 0.1) is 30.2 Å². The third kappa shape index (κ3) is 3.53. The molecule has 1 aromatic carbocycles. The summed E-state index contributed by atoms with van der Waals surface area (Å²) in [7, 11) is 0. The van der Waals surface area contributed by atoms with Crippen LogP contribution in [0.25, 0.3) is 11.3 Å². The number of benzene rings is 1. The van der Waals surface area contributed by atoms with E-state index in [1.54, 1.807) is 36.9 Å². The minimum absolute atomic E-state index is 0.00334. The maximum absolute atomic E-state index is 12.5. The van der Waals surface area contributed by atoms with E-state index < -0.39 is 5.97 Å². The molecule has 0 spiro atoms. The number of aromatic nitrogens is 1. The Bertz CT molecular complexity index is 786. The molecule has 1 saturated heterocycles. The quantitative estimate of drug-likeness (QED) is 0.929. The van der Waals surface area contributed by atoms with E-state index in [4.69, 9.17) is 4.74 Å². The largest absolute Gasteiger partial charge is 0.478 e. The zero-order valence-electron chi connectivity index (χ0n) is 14.3. The lowest BCUT2D eigenvalue weighted by Crippen LogP contribution is -2.40. The topological polar surface area (TPSA) is 79.7 Å². The van der Waals surface area contributed by atoms with Crippen molar-refractivity contribution in [1.82, 2.24) is 9.88 Å². The van der Waals surface area contributed by atoms with Crippen molar-refractivity contribution in [2.75, 3.05) is 26.3 Å². The summed E-state index contributed by atoms with van der Waals surface area (Å²) in [6, 6.07) is 9.01. The monoisotopic (exact) mass is 340 g/mol. The molecule has 130 valence electrons. The average molecular weight is 340 g/mol. The molecular weight excluding hydrogens is 320 g/mol. The van der Waals surface area contributed by atoms with Crippen LogP contribution in [-0.4, -0.2) is 53.2 Å². The summed E-state index contributed by atoms with van der Waals surface area (Å²) in [4.78, 5) is 29.9. The Morgan fingerprint density at radius 1 is 1.12 bits per heavy atom. The summed E-state index contributed by atoms with van der Waals surface area (Å²) < 4.78 is 5.27. The fraction of sp³-hybridized carbons (Fsp3) is 0.316. The molecule has 1 amide bonds. The Balaban J connectivity index is 1.85. The molecule has 3 rings (SSSR count). The van der Waals surface area contributed by atoms with Crippen LogP contribution < -0.4 is 0 Å². The van der Waals surface area contributed by atoms with Crippen LogP contribution in [0.5, 0.6) is 0 Å². The van der Waals surface area contributed by atoms with Gasteiger partial charge in [-0.1, -0.05) is 12.1 Å². The van der Waals surface area contributed by atoms with Gasteiger partial charge in [0, 0.05) is 24.2 Å². The highest BCUT2D eigenvalue weighted by Crippen LogP contribution is 2.23. The molecule has 6 nitrogen and oxygen atoms in total. The number of carboxylic acid groups (broad SMARTS) is 1. The molecule has 0 aliphatic carbocycles. The first-order valence-corrected chi connectivity index (χ1v) is 8.16. The standard InChI is InChI=1S/C19H20N2O4/c1-12-11-16(20-13(2)17(12)19(23)24)14-3-5-15(6-4-14)18(22)21-7-9-25-10-8-21/h3-6,11H,7-10H2,1-2H3,(H,23,24). The fourth-order valence-electron chi connectivity index (χ4n) is 3.04. The molecule has 0 saturated carbocycles. The number of aryl methyl sites for hydroxylation is 2. The van der Waals surface area contributed by atoms with Crippen molar-refractivity contribution in [3.05, 3.63) is 52.7 Å². The number of carbonyl (C=O) groups is 2. The van der Waals surface area contributed by atoms with E-state index in [0.29, 0.717) is 48.8 Å². The first-order valence-electron chi connectivity index (χ1n) is 8.16. The van der Waals surface area contributed by atoms with Crippen molar-refractivity contribution in [3.8, 4) is 11.3 Å². The molecule has 1 aliphatic rings. The van der Waals surface area contributed by atoms with Gasteiger partial charge in [-0.05, 0) is 37.6 Å². The normalized spacial score (nSPS) is 14.4. The zero-order chi connectivity index (χ0) is 18.0. The highest BCUT2D eigenvalue weighted by atomic mass is 16.5. The number of hydrogen-bond acceptors (Lipinski definition) is 4. The maximum Gasteiger partial charge on any atom is 0.337 e. The van der Waals surface area contributed by atoms with Crippen LogP contribution in [0.2, 0.25) is 0 Å². The lowest BCUT2D eigenvalue weighted by molar-refractivity contribution is 0.0303. The van der Waals surface area contributed by atoms with Gasteiger partial charge in [-0.25, -0.2) is 4.79 Å². The van der Waals surface area contributed by atoms with Crippen LogP contribution in [0.15, 0.2) is 30.3 Å². The Morgan fingerprint density at radius 2 is 1.76 bits per heavy atom. The summed E-state index contributed by atoms with van der Waals surface area (Å²) in [5, 5.41) is 9.24. The number of rotatable bonds is 3. The zero-order valence-corrected chi connectivity index (χ0v) is 14.3. The Morgan fingerprint density at radius 3 is 2.32 bits per heavy atom. The van der Waals surface area contributed by atoms with Gasteiger partial charge in [-0.2, -0.15) is 0 Å². The third-order valence-corrected chi connectivity index (χ3v) is 4.34. The molecule has 2 aromatic rings. The van der Waals surface area contributed by atoms with Gasteiger partial charge in [0.15, 0.2) is 0 Å². The van der Waals surface area contributed by atoms with E-state index in [1.165, 1.54) is 0 Å². The van der Waals surface area contributed by atoms with Crippen LogP contribution >= 0.6 is 0 Å². The highest BCUT2D eigenvalue weighted by Gasteiger charge is 2.19. The van der Waals surface area contributed by atoms with Crippen molar-refractivity contribution in [2.24, 2.45) is 0 Å². The van der Waals surface area contributed by atoms with Crippen molar-refractivity contribution in [2.45, 2.75) is 13.8 Å². The van der Waals surface area contributed by atoms with Crippen molar-refractivity contribution < 1.29 is 19.4 Å². The highest BCUT2D eigenvalue weighted by molar-refractivity contribution is 5.95. The van der Waals surface area contributed by atoms with Gasteiger partial charge in [0.1, 0.15) is 0 Å². The SMILES string of the molecule is Cc1cc(-c2ccc(C(=O)N3CCOCC3)cc2)nc(C)c1C(=O)O. The number of pyridine rings is 1. The van der Waals surface area contributed by atoms with Gasteiger partial charge < -0.3 is 14.7 Å². The van der Waals surface area contributed by atoms with Crippen molar-refractivity contribution in [1.29, 1.82) is 0 Å². The molecule has 1 N–H and O–H groups in total. The number of hydrogen-bond donors (Lipinski definition) is 1. The van der Waals surface area contributed by atoms with E-state index >= 15 is 0 Å². The second kappa shape index (κ2) is 7.03. The minimum atomic E-state index is -0.972. The summed E-state index contributed by atoms with van der Waals surface area (Å²) in [5.74, 6) is -0.975. The van der Waals surface area contributed by atoms with Crippen LogP contribution in [-0.2, 0) is 4.74 Å². The summed E-state index contributed by atoms with van der Waals surface area (Å²) >= 11 is 0. The average Bonchev–Trinajstić information content (AvgIpc) is 2.61. The second-order valence-corrected chi connectivity index (χ2v) is 6.07. The summed E-state index contributed by atoms with van der Waals surface area (Å²) in [6.45, 7) is 5.81. The predicted octanol–water partition coefficient (Wildman–Crippen LogP) is 2.54. The molecular formula is C19H20N2O4. The Kier molecular flexibility index (Phi) is 4.81. The smallest absolute Gasteiger partial charge is 0.337 e. The van der Waals surface area contributed by atoms with Gasteiger partial charge in [-0.15, -0.1) is 0 Å². The molecule has 25 heavy (non-hydrogen) atoms. The molecule has 1 aliphatic heterocycles. The van der Waals surface area contributed by atoms with Crippen LogP contribution in [0.3, 0.4) is 0 Å². The molecule has 0 unspecified atom stereocenters. The first kappa shape index (κ1) is 17.1. The maximum atomic E-state index is 12.5. The van der Waals surface area contributed by atoms with E-state index in [-0.39, 0.29) is 11.5 Å². The Labute approximate surface area is 146 Å². The van der Waals surface area contributed by atoms with E-state index in [0.717, 1.165) is 5.56 Å². The molecule has 0 atom stereocenters. The van der Waals surface area contributed by atoms with Crippen molar-refractivity contribution in [3.63, 3.8) is 0 Å².